The van der Waals surface area contributed by atoms with Crippen molar-refractivity contribution in [2.45, 2.75) is 6.92 Å². The first-order valence-corrected chi connectivity index (χ1v) is 6.10. The van der Waals surface area contributed by atoms with Gasteiger partial charge in [-0.1, -0.05) is 30.3 Å². The molecule has 0 fully saturated rings. The molecule has 1 N–H and O–H groups in total. The molecule has 0 bridgehead atoms. The normalized spacial score (nSPS) is 10.2. The molecule has 0 radical (unpaired) electrons. The molecule has 2 aromatic carbocycles. The molecule has 4 nitrogen and oxygen atoms in total. The number of nitrogens with one attached hydrogen (secondary N) is 1. The lowest BCUT2D eigenvalue weighted by Gasteiger charge is -2.02. The Kier molecular flexibility index (Phi) is 4.25. The zero-order chi connectivity index (χ0) is 14.4. The summed E-state index contributed by atoms with van der Waals surface area (Å²) in [5.74, 6) is -0.243. The number of rotatable bonds is 3. The van der Waals surface area contributed by atoms with E-state index in [2.05, 4.69) is 10.5 Å². The summed E-state index contributed by atoms with van der Waals surface area (Å²) in [5, 5.41) is 12.6. The third-order valence-corrected chi connectivity index (χ3v) is 2.81. The second kappa shape index (κ2) is 6.30. The number of carbonyl (C=O) groups is 1. The molecular formula is C16H13N3O. The Morgan fingerprint density at radius 1 is 1.20 bits per heavy atom. The van der Waals surface area contributed by atoms with Gasteiger partial charge >= 0.3 is 0 Å². The van der Waals surface area contributed by atoms with E-state index >= 15 is 0 Å². The van der Waals surface area contributed by atoms with Gasteiger partial charge in [0.15, 0.2) is 0 Å². The number of aryl methyl sites for hydroxylation is 1. The van der Waals surface area contributed by atoms with Crippen molar-refractivity contribution < 1.29 is 4.79 Å². The Morgan fingerprint density at radius 2 is 1.90 bits per heavy atom. The Hall–Kier alpha value is -2.93. The van der Waals surface area contributed by atoms with E-state index < -0.39 is 0 Å². The summed E-state index contributed by atoms with van der Waals surface area (Å²) in [6.07, 6.45) is 1.54. The van der Waals surface area contributed by atoms with Crippen LogP contribution in [0, 0.1) is 18.3 Å². The van der Waals surface area contributed by atoms with E-state index in [1.165, 1.54) is 6.21 Å². The molecule has 0 aliphatic carbocycles. The molecule has 0 heterocycles. The molecule has 0 aromatic heterocycles. The molecule has 2 aromatic rings. The number of benzene rings is 2. The summed E-state index contributed by atoms with van der Waals surface area (Å²) in [5.41, 5.74) is 5.39. The number of hydrogen-bond donors (Lipinski definition) is 1. The van der Waals surface area contributed by atoms with Crippen molar-refractivity contribution in [3.8, 4) is 6.07 Å². The van der Waals surface area contributed by atoms with Crippen LogP contribution in [0.3, 0.4) is 0 Å². The molecule has 0 aliphatic heterocycles. The number of hydrazone groups is 1. The van der Waals surface area contributed by atoms with Crippen molar-refractivity contribution >= 4 is 12.1 Å². The minimum atomic E-state index is -0.243. The van der Waals surface area contributed by atoms with Gasteiger partial charge in [0.2, 0.25) is 0 Å². The summed E-state index contributed by atoms with van der Waals surface area (Å²) >= 11 is 0. The van der Waals surface area contributed by atoms with E-state index in [-0.39, 0.29) is 5.91 Å². The van der Waals surface area contributed by atoms with Gasteiger partial charge in [0, 0.05) is 5.56 Å². The first kappa shape index (κ1) is 13.5. The molecule has 0 atom stereocenters. The van der Waals surface area contributed by atoms with Gasteiger partial charge in [0.05, 0.1) is 17.8 Å². The summed E-state index contributed by atoms with van der Waals surface area (Å²) < 4.78 is 0. The van der Waals surface area contributed by atoms with Crippen LogP contribution in [0.5, 0.6) is 0 Å². The van der Waals surface area contributed by atoms with Crippen LogP contribution >= 0.6 is 0 Å². The zero-order valence-corrected chi connectivity index (χ0v) is 11.0. The molecule has 0 saturated carbocycles. The smallest absolute Gasteiger partial charge is 0.267 e. The average molecular weight is 263 g/mol. The molecule has 0 unspecified atom stereocenters. The van der Waals surface area contributed by atoms with Crippen LogP contribution in [0.2, 0.25) is 0 Å². The maximum Gasteiger partial charge on any atom is 0.271 e. The van der Waals surface area contributed by atoms with Gasteiger partial charge in [-0.15, -0.1) is 0 Å². The maximum absolute atomic E-state index is 11.9. The van der Waals surface area contributed by atoms with Crippen molar-refractivity contribution in [2.24, 2.45) is 5.10 Å². The maximum atomic E-state index is 11.9. The number of hydrogen-bond acceptors (Lipinski definition) is 3. The molecule has 2 rings (SSSR count). The van der Waals surface area contributed by atoms with E-state index in [9.17, 15) is 4.79 Å². The fraction of sp³-hybridized carbons (Fsp3) is 0.0625. The van der Waals surface area contributed by atoms with Crippen LogP contribution in [0.15, 0.2) is 53.6 Å². The van der Waals surface area contributed by atoms with Gasteiger partial charge in [-0.2, -0.15) is 10.4 Å². The van der Waals surface area contributed by atoms with Crippen LogP contribution in [0.1, 0.15) is 27.0 Å². The van der Waals surface area contributed by atoms with Crippen LogP contribution in [0.25, 0.3) is 0 Å². The molecule has 0 saturated heterocycles. The summed E-state index contributed by atoms with van der Waals surface area (Å²) in [7, 11) is 0. The van der Waals surface area contributed by atoms with Crippen LogP contribution in [-0.4, -0.2) is 12.1 Å². The highest BCUT2D eigenvalue weighted by molar-refractivity contribution is 5.96. The van der Waals surface area contributed by atoms with E-state index in [0.717, 1.165) is 11.1 Å². The third-order valence-electron chi connectivity index (χ3n) is 2.81. The van der Waals surface area contributed by atoms with Crippen molar-refractivity contribution in [2.75, 3.05) is 0 Å². The number of amides is 1. The summed E-state index contributed by atoms with van der Waals surface area (Å²) in [6, 6.07) is 16.3. The fourth-order valence-electron chi connectivity index (χ4n) is 1.70. The highest BCUT2D eigenvalue weighted by atomic mass is 16.2. The predicted molar refractivity (Wildman–Crippen MR) is 77.4 cm³/mol. The second-order valence-electron chi connectivity index (χ2n) is 4.25. The van der Waals surface area contributed by atoms with E-state index in [0.29, 0.717) is 11.1 Å². The highest BCUT2D eigenvalue weighted by Gasteiger charge is 2.05. The SMILES string of the molecule is Cc1ccccc1C(=O)NN=Cc1ccc(C#N)cc1. The van der Waals surface area contributed by atoms with Crippen molar-refractivity contribution in [3.63, 3.8) is 0 Å². The van der Waals surface area contributed by atoms with Crippen LogP contribution in [-0.2, 0) is 0 Å². The summed E-state index contributed by atoms with van der Waals surface area (Å²) in [4.78, 5) is 11.9. The third kappa shape index (κ3) is 3.30. The van der Waals surface area contributed by atoms with Gasteiger partial charge in [-0.05, 0) is 36.2 Å². The van der Waals surface area contributed by atoms with Gasteiger partial charge in [-0.25, -0.2) is 5.43 Å². The average Bonchev–Trinajstić information content (AvgIpc) is 2.48. The molecule has 1 amide bonds. The van der Waals surface area contributed by atoms with Crippen LogP contribution < -0.4 is 5.43 Å². The van der Waals surface area contributed by atoms with E-state index in [1.54, 1.807) is 30.3 Å². The zero-order valence-electron chi connectivity index (χ0n) is 11.0. The first-order chi connectivity index (χ1) is 9.70. The standard InChI is InChI=1S/C16H13N3O/c1-12-4-2-3-5-15(12)16(20)19-18-11-14-8-6-13(10-17)7-9-14/h2-9,11H,1H3,(H,19,20). The van der Waals surface area contributed by atoms with Crippen molar-refractivity contribution in [1.82, 2.24) is 5.43 Å². The van der Waals surface area contributed by atoms with E-state index in [1.807, 2.05) is 31.2 Å². The van der Waals surface area contributed by atoms with Gasteiger partial charge in [-0.3, -0.25) is 4.79 Å². The minimum Gasteiger partial charge on any atom is -0.267 e. The minimum absolute atomic E-state index is 0.243. The Balaban J connectivity index is 2.01. The van der Waals surface area contributed by atoms with E-state index in [4.69, 9.17) is 5.26 Å². The molecule has 98 valence electrons. The fourth-order valence-corrected chi connectivity index (χ4v) is 1.70. The van der Waals surface area contributed by atoms with Gasteiger partial charge in [0.25, 0.3) is 5.91 Å². The Labute approximate surface area is 117 Å². The Bertz CT molecular complexity index is 682. The lowest BCUT2D eigenvalue weighted by molar-refractivity contribution is 0.0954. The molecular weight excluding hydrogens is 250 g/mol. The number of nitriles is 1. The first-order valence-electron chi connectivity index (χ1n) is 6.10. The largest absolute Gasteiger partial charge is 0.271 e. The second-order valence-corrected chi connectivity index (χ2v) is 4.25. The van der Waals surface area contributed by atoms with Crippen molar-refractivity contribution in [3.05, 3.63) is 70.8 Å². The highest BCUT2D eigenvalue weighted by Crippen LogP contribution is 2.06. The Morgan fingerprint density at radius 3 is 2.55 bits per heavy atom. The number of nitrogens with zero attached hydrogens (tertiary/aromatic N) is 2. The molecule has 20 heavy (non-hydrogen) atoms. The number of carbonyl (C=O) groups excluding carboxylic acids is 1. The lowest BCUT2D eigenvalue weighted by Crippen LogP contribution is -2.18. The molecule has 4 heteroatoms. The van der Waals surface area contributed by atoms with Gasteiger partial charge < -0.3 is 0 Å². The van der Waals surface area contributed by atoms with Gasteiger partial charge in [0.1, 0.15) is 0 Å². The summed E-state index contributed by atoms with van der Waals surface area (Å²) in [6.45, 7) is 1.87. The predicted octanol–water partition coefficient (Wildman–Crippen LogP) is 2.63. The topological polar surface area (TPSA) is 65.2 Å². The van der Waals surface area contributed by atoms with Crippen molar-refractivity contribution in [1.29, 1.82) is 5.26 Å². The quantitative estimate of drug-likeness (QED) is 0.683. The lowest BCUT2D eigenvalue weighted by atomic mass is 10.1. The van der Waals surface area contributed by atoms with Crippen LogP contribution in [0.4, 0.5) is 0 Å². The monoisotopic (exact) mass is 263 g/mol. The molecule has 0 spiro atoms. The molecule has 0 aliphatic rings.